The van der Waals surface area contributed by atoms with Crippen molar-refractivity contribution in [1.82, 2.24) is 20.5 Å². The van der Waals surface area contributed by atoms with E-state index in [4.69, 9.17) is 4.42 Å². The van der Waals surface area contributed by atoms with E-state index in [0.29, 0.717) is 24.8 Å². The maximum Gasteiger partial charge on any atom is 0.226 e. The van der Waals surface area contributed by atoms with E-state index in [1.54, 1.807) is 13.3 Å². The fourth-order valence-electron chi connectivity index (χ4n) is 3.11. The highest BCUT2D eigenvalue weighted by atomic mass is 16.3. The highest BCUT2D eigenvalue weighted by molar-refractivity contribution is 5.80. The smallest absolute Gasteiger partial charge is 0.226 e. The summed E-state index contributed by atoms with van der Waals surface area (Å²) in [6, 6.07) is 8.30. The zero-order chi connectivity index (χ0) is 19.2. The van der Waals surface area contributed by atoms with Gasteiger partial charge in [0, 0.05) is 38.2 Å². The highest BCUT2D eigenvalue weighted by Gasteiger charge is 2.25. The molecule has 3 rings (SSSR count). The van der Waals surface area contributed by atoms with E-state index in [-0.39, 0.29) is 11.9 Å². The van der Waals surface area contributed by atoms with Crippen LogP contribution in [0.2, 0.25) is 0 Å². The summed E-state index contributed by atoms with van der Waals surface area (Å²) in [5.41, 5.74) is 2.97. The maximum atomic E-state index is 11.8. The Balaban J connectivity index is 1.52. The van der Waals surface area contributed by atoms with Crippen molar-refractivity contribution in [2.75, 3.05) is 20.1 Å². The predicted molar refractivity (Wildman–Crippen MR) is 105 cm³/mol. The molecule has 2 heterocycles. The molecule has 1 aromatic carbocycles. The number of carbonyl (C=O) groups is 1. The number of aliphatic imine (C=N–C) groups is 1. The summed E-state index contributed by atoms with van der Waals surface area (Å²) in [4.78, 5) is 22.5. The average molecular weight is 369 g/mol. The van der Waals surface area contributed by atoms with Crippen molar-refractivity contribution in [3.63, 3.8) is 0 Å². The third-order valence-electron chi connectivity index (χ3n) is 4.70. The number of carbonyl (C=O) groups excluding carboxylic acids is 1. The molecule has 27 heavy (non-hydrogen) atoms. The number of aromatic nitrogens is 1. The average Bonchev–Trinajstić information content (AvgIpc) is 3.34. The van der Waals surface area contributed by atoms with Crippen LogP contribution in [0.5, 0.6) is 0 Å². The molecular weight excluding hydrogens is 342 g/mol. The van der Waals surface area contributed by atoms with Gasteiger partial charge < -0.3 is 20.0 Å². The van der Waals surface area contributed by atoms with Crippen LogP contribution in [0.4, 0.5) is 0 Å². The van der Waals surface area contributed by atoms with Gasteiger partial charge in [0.15, 0.2) is 5.96 Å². The van der Waals surface area contributed by atoms with Gasteiger partial charge in [0.25, 0.3) is 0 Å². The number of nitrogens with zero attached hydrogens (tertiary/aromatic N) is 3. The van der Waals surface area contributed by atoms with Gasteiger partial charge in [0.2, 0.25) is 11.8 Å². The summed E-state index contributed by atoms with van der Waals surface area (Å²) in [5, 5.41) is 6.63. The molecular formula is C20H27N5O2. The molecule has 0 aliphatic carbocycles. The predicted octanol–water partition coefficient (Wildman–Crippen LogP) is 2.33. The zero-order valence-electron chi connectivity index (χ0n) is 16.2. The topological polar surface area (TPSA) is 82.8 Å². The van der Waals surface area contributed by atoms with Gasteiger partial charge in [0.05, 0.1) is 12.2 Å². The molecule has 1 aliphatic heterocycles. The second-order valence-electron chi connectivity index (χ2n) is 6.76. The Labute approximate surface area is 159 Å². The standard InChI is InChI=1S/C20H27N5O2/c1-4-18(26)25-10-9-16(12-25)24-20(21-3)22-11-17-13-27-19(23-17)15-7-5-14(2)6-8-15/h5-8,13,16H,4,9-12H2,1-3H3,(H2,21,22,24). The van der Waals surface area contributed by atoms with Crippen LogP contribution in [-0.2, 0) is 11.3 Å². The Kier molecular flexibility index (Phi) is 6.11. The molecule has 2 aromatic rings. The van der Waals surface area contributed by atoms with E-state index >= 15 is 0 Å². The molecule has 1 fully saturated rings. The molecule has 0 radical (unpaired) electrons. The third-order valence-corrected chi connectivity index (χ3v) is 4.70. The van der Waals surface area contributed by atoms with Crippen LogP contribution >= 0.6 is 0 Å². The van der Waals surface area contributed by atoms with Crippen LogP contribution in [0.15, 0.2) is 39.9 Å². The molecule has 0 spiro atoms. The summed E-state index contributed by atoms with van der Waals surface area (Å²) < 4.78 is 5.59. The van der Waals surface area contributed by atoms with Crippen LogP contribution < -0.4 is 10.6 Å². The zero-order valence-corrected chi connectivity index (χ0v) is 16.2. The minimum Gasteiger partial charge on any atom is -0.444 e. The lowest BCUT2D eigenvalue weighted by Gasteiger charge is -2.18. The minimum atomic E-state index is 0.202. The molecule has 1 atom stereocenters. The van der Waals surface area contributed by atoms with Gasteiger partial charge in [-0.15, -0.1) is 0 Å². The second kappa shape index (κ2) is 8.70. The number of oxazole rings is 1. The number of hydrogen-bond acceptors (Lipinski definition) is 4. The van der Waals surface area contributed by atoms with Crippen LogP contribution in [0.3, 0.4) is 0 Å². The van der Waals surface area contributed by atoms with Crippen molar-refractivity contribution in [2.45, 2.75) is 39.3 Å². The van der Waals surface area contributed by atoms with Crippen molar-refractivity contribution in [2.24, 2.45) is 4.99 Å². The maximum absolute atomic E-state index is 11.8. The molecule has 2 N–H and O–H groups in total. The van der Waals surface area contributed by atoms with Crippen LogP contribution in [0.1, 0.15) is 31.0 Å². The number of rotatable bonds is 5. The molecule has 0 bridgehead atoms. The van der Waals surface area contributed by atoms with E-state index in [9.17, 15) is 4.79 Å². The minimum absolute atomic E-state index is 0.202. The number of amides is 1. The van der Waals surface area contributed by atoms with Gasteiger partial charge in [-0.05, 0) is 25.5 Å². The lowest BCUT2D eigenvalue weighted by Crippen LogP contribution is -2.44. The van der Waals surface area contributed by atoms with Crippen molar-refractivity contribution in [3.8, 4) is 11.5 Å². The lowest BCUT2D eigenvalue weighted by atomic mass is 10.1. The Hall–Kier alpha value is -2.83. The molecule has 7 heteroatoms. The number of nitrogens with one attached hydrogen (secondary N) is 2. The lowest BCUT2D eigenvalue weighted by molar-refractivity contribution is -0.129. The van der Waals surface area contributed by atoms with Crippen molar-refractivity contribution in [1.29, 1.82) is 0 Å². The molecule has 1 aromatic heterocycles. The van der Waals surface area contributed by atoms with E-state index in [1.165, 1.54) is 5.56 Å². The van der Waals surface area contributed by atoms with Gasteiger partial charge in [-0.1, -0.05) is 24.6 Å². The SMILES string of the molecule is CCC(=O)N1CCC(NC(=NC)NCc2coc(-c3ccc(C)cc3)n2)C1. The fraction of sp³-hybridized carbons (Fsp3) is 0.450. The Morgan fingerprint density at radius 2 is 2.15 bits per heavy atom. The Morgan fingerprint density at radius 1 is 1.37 bits per heavy atom. The molecule has 1 aliphatic rings. The molecule has 1 unspecified atom stereocenters. The normalized spacial score (nSPS) is 17.2. The molecule has 144 valence electrons. The van der Waals surface area contributed by atoms with Crippen molar-refractivity contribution >= 4 is 11.9 Å². The van der Waals surface area contributed by atoms with E-state index in [1.807, 2.05) is 36.1 Å². The summed E-state index contributed by atoms with van der Waals surface area (Å²) in [6.45, 7) is 5.97. The number of likely N-dealkylation sites (tertiary alicyclic amines) is 1. The molecule has 7 nitrogen and oxygen atoms in total. The van der Waals surface area contributed by atoms with Gasteiger partial charge in [-0.25, -0.2) is 4.98 Å². The Morgan fingerprint density at radius 3 is 2.85 bits per heavy atom. The van der Waals surface area contributed by atoms with E-state index < -0.39 is 0 Å². The number of guanidine groups is 1. The van der Waals surface area contributed by atoms with Gasteiger partial charge in [-0.3, -0.25) is 9.79 Å². The number of benzene rings is 1. The summed E-state index contributed by atoms with van der Waals surface area (Å²) in [7, 11) is 1.74. The summed E-state index contributed by atoms with van der Waals surface area (Å²) in [6.07, 6.45) is 3.13. The highest BCUT2D eigenvalue weighted by Crippen LogP contribution is 2.19. The monoisotopic (exact) mass is 369 g/mol. The first-order chi connectivity index (χ1) is 13.1. The quantitative estimate of drug-likeness (QED) is 0.624. The first-order valence-corrected chi connectivity index (χ1v) is 9.35. The molecule has 1 amide bonds. The van der Waals surface area contributed by atoms with Crippen molar-refractivity contribution in [3.05, 3.63) is 41.8 Å². The first kappa shape index (κ1) is 18.9. The number of aryl methyl sites for hydroxylation is 1. The number of hydrogen-bond donors (Lipinski definition) is 2. The summed E-state index contributed by atoms with van der Waals surface area (Å²) in [5.74, 6) is 1.51. The van der Waals surface area contributed by atoms with Gasteiger partial charge in [-0.2, -0.15) is 0 Å². The Bertz CT molecular complexity index is 797. The third kappa shape index (κ3) is 4.87. The van der Waals surface area contributed by atoms with Crippen molar-refractivity contribution < 1.29 is 9.21 Å². The van der Waals surface area contributed by atoms with E-state index in [0.717, 1.165) is 30.8 Å². The van der Waals surface area contributed by atoms with E-state index in [2.05, 4.69) is 27.5 Å². The first-order valence-electron chi connectivity index (χ1n) is 9.35. The van der Waals surface area contributed by atoms with Crippen LogP contribution in [0.25, 0.3) is 11.5 Å². The van der Waals surface area contributed by atoms with Crippen LogP contribution in [0, 0.1) is 6.92 Å². The van der Waals surface area contributed by atoms with Gasteiger partial charge in [0.1, 0.15) is 6.26 Å². The fourth-order valence-corrected chi connectivity index (χ4v) is 3.11. The van der Waals surface area contributed by atoms with Crippen LogP contribution in [-0.4, -0.2) is 47.9 Å². The molecule has 0 saturated carbocycles. The largest absolute Gasteiger partial charge is 0.444 e. The second-order valence-corrected chi connectivity index (χ2v) is 6.76. The molecule has 1 saturated heterocycles. The summed E-state index contributed by atoms with van der Waals surface area (Å²) >= 11 is 0. The van der Waals surface area contributed by atoms with Gasteiger partial charge >= 0.3 is 0 Å².